The van der Waals surface area contributed by atoms with E-state index >= 15 is 0 Å². The molecule has 2 bridgehead atoms. The predicted octanol–water partition coefficient (Wildman–Crippen LogP) is 7.16. The number of imide groups is 1. The second kappa shape index (κ2) is 9.68. The molecular weight excluding hydrogens is 595 g/mol. The minimum absolute atomic E-state index is 0.453. The number of alkyl halides is 2. The van der Waals surface area contributed by atoms with Crippen LogP contribution in [0.2, 0.25) is 0 Å². The molecule has 1 saturated heterocycles. The maximum Gasteiger partial charge on any atom is 0.244 e. The number of anilines is 1. The Kier molecular flexibility index (Phi) is 5.93. The van der Waals surface area contributed by atoms with E-state index in [1.807, 2.05) is 91.0 Å². The van der Waals surface area contributed by atoms with Gasteiger partial charge in [-0.15, -0.1) is 23.2 Å². The van der Waals surface area contributed by atoms with Crippen LogP contribution in [-0.4, -0.2) is 29.2 Å². The average Bonchev–Trinajstić information content (AvgIpc) is 3.31. The first-order valence-corrected chi connectivity index (χ1v) is 15.1. The number of hydrogen-bond donors (Lipinski definition) is 1. The van der Waals surface area contributed by atoms with Crippen molar-refractivity contribution in [3.05, 3.63) is 138 Å². The molecule has 4 aliphatic rings. The predicted molar refractivity (Wildman–Crippen MR) is 169 cm³/mol. The van der Waals surface area contributed by atoms with E-state index in [1.165, 1.54) is 0 Å². The number of amides is 3. The number of carbonyl (C=O) groups excluding carboxylic acids is 3. The van der Waals surface area contributed by atoms with Gasteiger partial charge in [-0.2, -0.15) is 0 Å². The zero-order chi connectivity index (χ0) is 30.2. The van der Waals surface area contributed by atoms with Crippen LogP contribution in [0.15, 0.2) is 115 Å². The van der Waals surface area contributed by atoms with Crippen LogP contribution in [-0.2, 0) is 24.1 Å². The number of benzene rings is 5. The van der Waals surface area contributed by atoms with Gasteiger partial charge in [0.05, 0.1) is 11.8 Å². The summed E-state index contributed by atoms with van der Waals surface area (Å²) in [5.74, 6) is -2.09. The van der Waals surface area contributed by atoms with Gasteiger partial charge in [0.1, 0.15) is 27.8 Å². The van der Waals surface area contributed by atoms with Gasteiger partial charge in [-0.1, -0.05) is 84.9 Å². The lowest BCUT2D eigenvalue weighted by molar-refractivity contribution is -0.142. The zero-order valence-electron chi connectivity index (χ0n) is 23.2. The van der Waals surface area contributed by atoms with Crippen molar-refractivity contribution in [2.45, 2.75) is 9.75 Å². The number of halogens is 2. The van der Waals surface area contributed by atoms with Gasteiger partial charge in [0.25, 0.3) is 0 Å². The zero-order valence-corrected chi connectivity index (χ0v) is 24.7. The van der Waals surface area contributed by atoms with Crippen LogP contribution in [0.5, 0.6) is 11.5 Å². The average molecular weight is 620 g/mol. The second-order valence-electron chi connectivity index (χ2n) is 11.4. The number of nitrogens with zero attached hydrogens (tertiary/aromatic N) is 1. The van der Waals surface area contributed by atoms with E-state index in [1.54, 1.807) is 24.3 Å². The summed E-state index contributed by atoms with van der Waals surface area (Å²) >= 11 is 14.9. The van der Waals surface area contributed by atoms with Gasteiger partial charge in [-0.05, 0) is 58.0 Å². The van der Waals surface area contributed by atoms with E-state index in [4.69, 9.17) is 27.9 Å². The van der Waals surface area contributed by atoms with E-state index in [0.717, 1.165) is 43.7 Å². The molecule has 3 aliphatic carbocycles. The van der Waals surface area contributed by atoms with Gasteiger partial charge in [-0.3, -0.25) is 19.3 Å². The minimum Gasteiger partial charge on any atom is -0.457 e. The summed E-state index contributed by atoms with van der Waals surface area (Å²) in [7, 11) is 0. The summed E-state index contributed by atoms with van der Waals surface area (Å²) in [4.78, 5) is 39.6. The normalized spacial score (nSPS) is 24.5. The van der Waals surface area contributed by atoms with Gasteiger partial charge in [0.15, 0.2) is 0 Å². The molecule has 6 nitrogen and oxygen atoms in total. The second-order valence-corrected chi connectivity index (χ2v) is 12.6. The number of likely N-dealkylation sites (tertiary alicyclic amines) is 1. The molecule has 3 amide bonds. The van der Waals surface area contributed by atoms with E-state index in [-0.39, 0.29) is 0 Å². The van der Waals surface area contributed by atoms with Gasteiger partial charge in [-0.25, -0.2) is 0 Å². The number of fused-ring (bicyclic) bond motifs is 1. The third-order valence-corrected chi connectivity index (χ3v) is 10.4. The molecule has 0 spiro atoms. The van der Waals surface area contributed by atoms with Crippen LogP contribution >= 0.6 is 23.2 Å². The summed E-state index contributed by atoms with van der Waals surface area (Å²) in [6.07, 6.45) is 0. The monoisotopic (exact) mass is 618 g/mol. The van der Waals surface area contributed by atoms with Crippen LogP contribution < -0.4 is 10.1 Å². The van der Waals surface area contributed by atoms with E-state index < -0.39 is 45.9 Å². The van der Waals surface area contributed by atoms with Gasteiger partial charge < -0.3 is 10.1 Å². The van der Waals surface area contributed by atoms with Crippen LogP contribution in [0.3, 0.4) is 0 Å². The highest BCUT2D eigenvalue weighted by atomic mass is 35.5. The number of ether oxygens (including phenoxy) is 1. The molecule has 8 heteroatoms. The SMILES string of the molecule is O=C(CN1C(=O)[C@@H]2[C@H](C1=O)C1(Cl)c3ccccc3C2(Cl)c2ccccc21)Nc1ccc(Oc2cccc3ccccc23)cc1. The van der Waals surface area contributed by atoms with E-state index in [2.05, 4.69) is 5.32 Å². The van der Waals surface area contributed by atoms with Crippen molar-refractivity contribution >= 4 is 57.4 Å². The highest BCUT2D eigenvalue weighted by molar-refractivity contribution is 6.36. The quantitative estimate of drug-likeness (QED) is 0.167. The molecule has 1 heterocycles. The number of nitrogens with one attached hydrogen (secondary N) is 1. The van der Waals surface area contributed by atoms with Crippen LogP contribution in [0.1, 0.15) is 22.3 Å². The van der Waals surface area contributed by atoms with Gasteiger partial charge in [0, 0.05) is 11.1 Å². The number of hydrogen-bond acceptors (Lipinski definition) is 4. The highest BCUT2D eigenvalue weighted by Crippen LogP contribution is 2.69. The molecule has 0 radical (unpaired) electrons. The van der Waals surface area contributed by atoms with E-state index in [9.17, 15) is 14.4 Å². The lowest BCUT2D eigenvalue weighted by Gasteiger charge is -2.54. The standard InChI is InChI=1S/C36H24Cl2N2O4/c37-35-25-11-3-4-12-26(25)36(38,28-14-6-5-13-27(28)35)32-31(35)33(42)40(34(32)43)20-30(41)39-22-16-18-23(19-17-22)44-29-15-7-9-21-8-1-2-10-24(21)29/h1-19,31-32H,20H2,(H,39,41)/t31-,32+,35?,36?. The van der Waals surface area contributed by atoms with Gasteiger partial charge >= 0.3 is 0 Å². The molecule has 1 N–H and O–H groups in total. The van der Waals surface area contributed by atoms with Crippen molar-refractivity contribution in [1.82, 2.24) is 4.90 Å². The summed E-state index contributed by atoms with van der Waals surface area (Å²) < 4.78 is 6.10. The van der Waals surface area contributed by atoms with Crippen molar-refractivity contribution in [3.8, 4) is 11.5 Å². The molecule has 216 valence electrons. The smallest absolute Gasteiger partial charge is 0.244 e. The minimum atomic E-state index is -1.29. The van der Waals surface area contributed by atoms with Crippen molar-refractivity contribution in [1.29, 1.82) is 0 Å². The van der Waals surface area contributed by atoms with E-state index in [0.29, 0.717) is 11.4 Å². The Morgan fingerprint density at radius 2 is 1.18 bits per heavy atom. The molecule has 0 saturated carbocycles. The molecule has 1 aliphatic heterocycles. The first-order valence-electron chi connectivity index (χ1n) is 14.3. The maximum absolute atomic E-state index is 14.0. The van der Waals surface area contributed by atoms with Crippen LogP contribution in [0, 0.1) is 11.8 Å². The molecule has 1 fully saturated rings. The van der Waals surface area contributed by atoms with Crippen LogP contribution in [0.4, 0.5) is 5.69 Å². The van der Waals surface area contributed by atoms with Crippen LogP contribution in [0.25, 0.3) is 10.8 Å². The summed E-state index contributed by atoms with van der Waals surface area (Å²) in [5.41, 5.74) is 3.37. The third kappa shape index (κ3) is 3.65. The number of rotatable bonds is 5. The highest BCUT2D eigenvalue weighted by Gasteiger charge is 2.73. The molecule has 5 aromatic carbocycles. The van der Waals surface area contributed by atoms with Crippen molar-refractivity contribution in [3.63, 3.8) is 0 Å². The Morgan fingerprint density at radius 3 is 1.75 bits per heavy atom. The fraction of sp³-hybridized carbons (Fsp3) is 0.139. The third-order valence-electron chi connectivity index (χ3n) is 9.09. The summed E-state index contributed by atoms with van der Waals surface area (Å²) in [6.45, 7) is -0.453. The van der Waals surface area contributed by atoms with Crippen molar-refractivity contribution in [2.75, 3.05) is 11.9 Å². The number of carbonyl (C=O) groups is 3. The Balaban J connectivity index is 1.03. The molecule has 0 unspecified atom stereocenters. The summed E-state index contributed by atoms with van der Waals surface area (Å²) in [6, 6.07) is 35.6. The van der Waals surface area contributed by atoms with Crippen molar-refractivity contribution < 1.29 is 19.1 Å². The Morgan fingerprint density at radius 1 is 0.682 bits per heavy atom. The lowest BCUT2D eigenvalue weighted by Crippen LogP contribution is -2.57. The maximum atomic E-state index is 14.0. The molecule has 2 atom stereocenters. The fourth-order valence-corrected chi connectivity index (χ4v) is 8.34. The van der Waals surface area contributed by atoms with Crippen molar-refractivity contribution in [2.24, 2.45) is 11.8 Å². The molecule has 5 aromatic rings. The first-order chi connectivity index (χ1) is 21.3. The molecule has 0 aromatic heterocycles. The first kappa shape index (κ1) is 26.9. The molecular formula is C36H24Cl2N2O4. The molecule has 9 rings (SSSR count). The van der Waals surface area contributed by atoms with Gasteiger partial charge in [0.2, 0.25) is 17.7 Å². The largest absolute Gasteiger partial charge is 0.457 e. The molecule has 44 heavy (non-hydrogen) atoms. The topological polar surface area (TPSA) is 75.7 Å². The summed E-state index contributed by atoms with van der Waals surface area (Å²) in [5, 5.41) is 4.86. The Bertz CT molecular complexity index is 1900. The Labute approximate surface area is 263 Å². The Hall–Kier alpha value is -4.65. The lowest BCUT2D eigenvalue weighted by atomic mass is 9.54. The fourth-order valence-electron chi connectivity index (χ4n) is 7.24.